The van der Waals surface area contributed by atoms with Crippen LogP contribution in [0, 0.1) is 10.1 Å². The van der Waals surface area contributed by atoms with E-state index in [1.807, 2.05) is 0 Å². The molecule has 0 atom stereocenters. The molecule has 1 aromatic rings. The van der Waals surface area contributed by atoms with Gasteiger partial charge in [0.05, 0.1) is 16.1 Å². The van der Waals surface area contributed by atoms with Crippen LogP contribution in [0.2, 0.25) is 0 Å². The fraction of sp³-hybridized carbons (Fsp3) is 0.143. The monoisotopic (exact) mass is 324 g/mol. The van der Waals surface area contributed by atoms with Crippen molar-refractivity contribution in [2.75, 3.05) is 12.5 Å². The highest BCUT2D eigenvalue weighted by Crippen LogP contribution is 2.35. The van der Waals surface area contributed by atoms with Crippen molar-refractivity contribution in [1.82, 2.24) is 0 Å². The van der Waals surface area contributed by atoms with Crippen LogP contribution in [0.25, 0.3) is 0 Å². The average molecular weight is 326 g/mol. The Balaban J connectivity index is 3.11. The minimum atomic E-state index is -0.628. The summed E-state index contributed by atoms with van der Waals surface area (Å²) in [7, 11) is 1.52. The summed E-state index contributed by atoms with van der Waals surface area (Å²) in [4.78, 5) is 10.2. The number of halogens is 2. The number of nitro groups is 1. The molecule has 0 bridgehead atoms. The zero-order valence-corrected chi connectivity index (χ0v) is 10.3. The molecule has 1 rings (SSSR count). The van der Waals surface area contributed by atoms with Crippen molar-refractivity contribution in [3.8, 4) is 5.75 Å². The van der Waals surface area contributed by atoms with Gasteiger partial charge >= 0.3 is 0 Å². The lowest BCUT2D eigenvalue weighted by Crippen LogP contribution is -2.08. The number of hydrogen-bond donors (Lipinski definition) is 1. The van der Waals surface area contributed by atoms with Gasteiger partial charge in [0, 0.05) is 0 Å². The maximum absolute atomic E-state index is 10.2. The summed E-state index contributed by atoms with van der Waals surface area (Å²) in [5.41, 5.74) is 2.42. The second-order valence-corrected chi connectivity index (χ2v) is 4.04. The van der Waals surface area contributed by atoms with Gasteiger partial charge in [-0.05, 0) is 44.0 Å². The Hall–Kier alpha value is -0.820. The number of hydrazine groups is 1. The first-order chi connectivity index (χ1) is 6.54. The molecule has 0 radical (unpaired) electrons. The van der Waals surface area contributed by atoms with E-state index in [1.54, 1.807) is 12.1 Å². The van der Waals surface area contributed by atoms with E-state index >= 15 is 0 Å². The lowest BCUT2D eigenvalue weighted by molar-refractivity contribution is -0.445. The Morgan fingerprint density at radius 3 is 2.29 bits per heavy atom. The van der Waals surface area contributed by atoms with Crippen molar-refractivity contribution in [2.24, 2.45) is 0 Å². The predicted octanol–water partition coefficient (Wildman–Crippen LogP) is 2.82. The van der Waals surface area contributed by atoms with Crippen molar-refractivity contribution in [1.29, 1.82) is 0 Å². The summed E-state index contributed by atoms with van der Waals surface area (Å²) in [5, 5.41) is 9.62. The summed E-state index contributed by atoms with van der Waals surface area (Å²) in [5.74, 6) is 0.609. The van der Waals surface area contributed by atoms with Crippen LogP contribution >= 0.6 is 31.9 Å². The first-order valence-electron chi connectivity index (χ1n) is 3.48. The summed E-state index contributed by atoms with van der Waals surface area (Å²) in [6.07, 6.45) is 0. The fourth-order valence-electron chi connectivity index (χ4n) is 0.866. The number of ether oxygens (including phenoxy) is 1. The van der Waals surface area contributed by atoms with Crippen molar-refractivity contribution in [3.05, 3.63) is 31.2 Å². The molecule has 5 nitrogen and oxygen atoms in total. The van der Waals surface area contributed by atoms with Gasteiger partial charge in [0.1, 0.15) is 11.4 Å². The Morgan fingerprint density at radius 2 is 1.93 bits per heavy atom. The van der Waals surface area contributed by atoms with Crippen LogP contribution in [0.3, 0.4) is 0 Å². The SMILES string of the molecule is COc1cc(Br)c(N[N+](=O)[O-])c(Br)c1. The fourth-order valence-corrected chi connectivity index (χ4v) is 2.19. The van der Waals surface area contributed by atoms with Crippen LogP contribution in [-0.4, -0.2) is 12.1 Å². The van der Waals surface area contributed by atoms with Gasteiger partial charge in [-0.3, -0.25) is 0 Å². The van der Waals surface area contributed by atoms with Crippen LogP contribution in [-0.2, 0) is 0 Å². The highest BCUT2D eigenvalue weighted by molar-refractivity contribution is 9.11. The van der Waals surface area contributed by atoms with Crippen molar-refractivity contribution < 1.29 is 9.77 Å². The zero-order chi connectivity index (χ0) is 10.7. The molecule has 0 saturated heterocycles. The first kappa shape index (κ1) is 11.3. The topological polar surface area (TPSA) is 64.4 Å². The van der Waals surface area contributed by atoms with Gasteiger partial charge in [0.15, 0.2) is 5.03 Å². The van der Waals surface area contributed by atoms with Gasteiger partial charge in [0.25, 0.3) is 0 Å². The number of methoxy groups -OCH3 is 1. The van der Waals surface area contributed by atoms with Crippen molar-refractivity contribution >= 4 is 37.5 Å². The maximum atomic E-state index is 10.2. The second kappa shape index (κ2) is 4.61. The smallest absolute Gasteiger partial charge is 0.162 e. The molecule has 0 unspecified atom stereocenters. The molecule has 14 heavy (non-hydrogen) atoms. The van der Waals surface area contributed by atoms with E-state index in [0.29, 0.717) is 20.4 Å². The van der Waals surface area contributed by atoms with Gasteiger partial charge in [0.2, 0.25) is 0 Å². The first-order valence-corrected chi connectivity index (χ1v) is 5.07. The van der Waals surface area contributed by atoms with Gasteiger partial charge in [-0.15, -0.1) is 5.43 Å². The molecule has 0 aliphatic heterocycles. The Morgan fingerprint density at radius 1 is 1.43 bits per heavy atom. The third-order valence-electron chi connectivity index (χ3n) is 1.45. The van der Waals surface area contributed by atoms with Gasteiger partial charge in [-0.1, -0.05) is 0 Å². The quantitative estimate of drug-likeness (QED) is 0.685. The largest absolute Gasteiger partial charge is 0.497 e. The molecule has 1 aromatic carbocycles. The minimum Gasteiger partial charge on any atom is -0.497 e. The number of nitrogens with zero attached hydrogens (tertiary/aromatic N) is 1. The van der Waals surface area contributed by atoms with E-state index in [0.717, 1.165) is 0 Å². The lowest BCUT2D eigenvalue weighted by atomic mass is 10.3. The normalized spacial score (nSPS) is 9.64. The Kier molecular flexibility index (Phi) is 3.70. The number of rotatable bonds is 3. The van der Waals surface area contributed by atoms with E-state index < -0.39 is 5.03 Å². The summed E-state index contributed by atoms with van der Waals surface area (Å²) in [6.45, 7) is 0. The molecule has 0 fully saturated rings. The van der Waals surface area contributed by atoms with E-state index in [4.69, 9.17) is 4.74 Å². The number of anilines is 1. The lowest BCUT2D eigenvalue weighted by Gasteiger charge is -2.06. The van der Waals surface area contributed by atoms with Crippen LogP contribution in [0.15, 0.2) is 21.1 Å². The Labute approximate surface area is 96.8 Å². The highest BCUT2D eigenvalue weighted by Gasteiger charge is 2.11. The average Bonchev–Trinajstić information content (AvgIpc) is 2.10. The van der Waals surface area contributed by atoms with Gasteiger partial charge in [-0.25, -0.2) is 10.1 Å². The Bertz CT molecular complexity index is 347. The van der Waals surface area contributed by atoms with Gasteiger partial charge < -0.3 is 4.74 Å². The molecule has 76 valence electrons. The zero-order valence-electron chi connectivity index (χ0n) is 7.08. The second-order valence-electron chi connectivity index (χ2n) is 2.33. The molecular formula is C7H6Br2N2O3. The summed E-state index contributed by atoms with van der Waals surface area (Å²) >= 11 is 6.38. The maximum Gasteiger partial charge on any atom is 0.162 e. The van der Waals surface area contributed by atoms with Crippen LogP contribution < -0.4 is 10.2 Å². The molecule has 0 spiro atoms. The number of nitrogens with one attached hydrogen (secondary N) is 1. The molecule has 7 heteroatoms. The van der Waals surface area contributed by atoms with Crippen LogP contribution in [0.4, 0.5) is 5.69 Å². The third-order valence-corrected chi connectivity index (χ3v) is 2.71. The number of benzene rings is 1. The van der Waals surface area contributed by atoms with Crippen molar-refractivity contribution in [2.45, 2.75) is 0 Å². The minimum absolute atomic E-state index is 0.357. The van der Waals surface area contributed by atoms with E-state index in [9.17, 15) is 10.1 Å². The standard InChI is InChI=1S/C7H6Br2N2O3/c1-14-4-2-5(8)7(6(9)3-4)10-11(12)13/h2-3,10H,1H3. The third kappa shape index (κ3) is 2.58. The van der Waals surface area contributed by atoms with Crippen LogP contribution in [0.5, 0.6) is 5.75 Å². The van der Waals surface area contributed by atoms with E-state index in [-0.39, 0.29) is 0 Å². The molecule has 1 N–H and O–H groups in total. The summed E-state index contributed by atoms with van der Waals surface area (Å²) < 4.78 is 6.09. The van der Waals surface area contributed by atoms with E-state index in [2.05, 4.69) is 37.3 Å². The molecule has 0 aliphatic carbocycles. The molecule has 0 saturated carbocycles. The molecular weight excluding hydrogens is 320 g/mol. The van der Waals surface area contributed by atoms with E-state index in [1.165, 1.54) is 7.11 Å². The van der Waals surface area contributed by atoms with Crippen molar-refractivity contribution in [3.63, 3.8) is 0 Å². The molecule has 0 heterocycles. The number of hydrogen-bond acceptors (Lipinski definition) is 3. The summed E-state index contributed by atoms with van der Waals surface area (Å²) in [6, 6.07) is 3.27. The molecule has 0 amide bonds. The predicted molar refractivity (Wildman–Crippen MR) is 59.0 cm³/mol. The highest BCUT2D eigenvalue weighted by atomic mass is 79.9. The molecule has 0 aliphatic rings. The van der Waals surface area contributed by atoms with Gasteiger partial charge in [-0.2, -0.15) is 0 Å². The molecule has 0 aromatic heterocycles. The van der Waals surface area contributed by atoms with Crippen LogP contribution in [0.1, 0.15) is 0 Å².